The van der Waals surface area contributed by atoms with E-state index in [-0.39, 0.29) is 18.1 Å². The lowest BCUT2D eigenvalue weighted by Gasteiger charge is -2.24. The predicted octanol–water partition coefficient (Wildman–Crippen LogP) is 2.97. The number of para-hydroxylation sites is 1. The van der Waals surface area contributed by atoms with Crippen LogP contribution in [0, 0.1) is 0 Å². The van der Waals surface area contributed by atoms with Crippen LogP contribution in [0.15, 0.2) is 18.2 Å². The lowest BCUT2D eigenvalue weighted by Crippen LogP contribution is -2.23. The highest BCUT2D eigenvalue weighted by atomic mass is 16.5. The first kappa shape index (κ1) is 13.8. The summed E-state index contributed by atoms with van der Waals surface area (Å²) in [4.78, 5) is 0. The summed E-state index contributed by atoms with van der Waals surface area (Å²) in [5, 5.41) is 9.24. The van der Waals surface area contributed by atoms with E-state index in [1.165, 1.54) is 0 Å². The number of rotatable bonds is 4. The first-order valence-electron chi connectivity index (χ1n) is 5.86. The van der Waals surface area contributed by atoms with Gasteiger partial charge < -0.3 is 14.6 Å². The molecule has 3 heteroatoms. The first-order valence-corrected chi connectivity index (χ1v) is 5.86. The predicted molar refractivity (Wildman–Crippen MR) is 68.9 cm³/mol. The van der Waals surface area contributed by atoms with Crippen LogP contribution < -0.4 is 9.47 Å². The van der Waals surface area contributed by atoms with Gasteiger partial charge in [0.1, 0.15) is 5.60 Å². The first-order chi connectivity index (χ1) is 7.89. The summed E-state index contributed by atoms with van der Waals surface area (Å²) in [5.74, 6) is 1.47. The highest BCUT2D eigenvalue weighted by Crippen LogP contribution is 2.37. The molecule has 1 atom stereocenters. The van der Waals surface area contributed by atoms with Crippen molar-refractivity contribution in [3.05, 3.63) is 23.8 Å². The average molecular weight is 238 g/mol. The van der Waals surface area contributed by atoms with Crippen molar-refractivity contribution in [3.63, 3.8) is 0 Å². The molecule has 0 fully saturated rings. The van der Waals surface area contributed by atoms with Gasteiger partial charge >= 0.3 is 0 Å². The van der Waals surface area contributed by atoms with Gasteiger partial charge in [-0.25, -0.2) is 0 Å². The smallest absolute Gasteiger partial charge is 0.164 e. The van der Waals surface area contributed by atoms with Gasteiger partial charge in [-0.15, -0.1) is 0 Å². The summed E-state index contributed by atoms with van der Waals surface area (Å²) in [6.45, 7) is 8.03. The third-order valence-electron chi connectivity index (χ3n) is 2.43. The van der Waals surface area contributed by atoms with Crippen molar-refractivity contribution >= 4 is 0 Å². The van der Waals surface area contributed by atoms with Crippen LogP contribution in [0.25, 0.3) is 0 Å². The molecule has 0 saturated carbocycles. The van der Waals surface area contributed by atoms with Crippen molar-refractivity contribution < 1.29 is 14.6 Å². The lowest BCUT2D eigenvalue weighted by atomic mass is 10.0. The van der Waals surface area contributed by atoms with Gasteiger partial charge in [0.2, 0.25) is 0 Å². The molecule has 1 rings (SSSR count). The number of ether oxygens (including phenoxy) is 2. The molecular formula is C14H22O3. The molecule has 3 nitrogen and oxygen atoms in total. The molecule has 0 saturated heterocycles. The van der Waals surface area contributed by atoms with Crippen LogP contribution >= 0.6 is 0 Å². The number of hydrogen-bond donors (Lipinski definition) is 1. The Morgan fingerprint density at radius 3 is 2.41 bits per heavy atom. The molecule has 1 unspecified atom stereocenters. The van der Waals surface area contributed by atoms with E-state index in [1.54, 1.807) is 7.11 Å². The monoisotopic (exact) mass is 238 g/mol. The molecule has 1 aromatic rings. The minimum Gasteiger partial charge on any atom is -0.493 e. The Morgan fingerprint density at radius 1 is 1.29 bits per heavy atom. The standard InChI is InChI=1S/C14H22O3/c1-10(9-15)11-7-6-8-12(13(11)16-5)17-14(2,3)4/h6-8,10,15H,9H2,1-5H3. The van der Waals surface area contributed by atoms with E-state index >= 15 is 0 Å². The fraction of sp³-hybridized carbons (Fsp3) is 0.571. The van der Waals surface area contributed by atoms with Gasteiger partial charge in [-0.1, -0.05) is 19.1 Å². The topological polar surface area (TPSA) is 38.7 Å². The second-order valence-electron chi connectivity index (χ2n) is 5.18. The number of hydrogen-bond acceptors (Lipinski definition) is 3. The molecule has 17 heavy (non-hydrogen) atoms. The molecule has 0 amide bonds. The highest BCUT2D eigenvalue weighted by Gasteiger charge is 2.19. The van der Waals surface area contributed by atoms with Crippen LogP contribution in [0.2, 0.25) is 0 Å². The summed E-state index contributed by atoms with van der Waals surface area (Å²) in [5.41, 5.74) is 0.700. The number of methoxy groups -OCH3 is 1. The molecule has 0 radical (unpaired) electrons. The van der Waals surface area contributed by atoms with Gasteiger partial charge in [0.15, 0.2) is 11.5 Å². The van der Waals surface area contributed by atoms with Crippen LogP contribution in [0.4, 0.5) is 0 Å². The maximum Gasteiger partial charge on any atom is 0.164 e. The van der Waals surface area contributed by atoms with Gasteiger partial charge in [-0.2, -0.15) is 0 Å². The third-order valence-corrected chi connectivity index (χ3v) is 2.43. The Balaban J connectivity index is 3.14. The minimum absolute atomic E-state index is 0.0356. The largest absolute Gasteiger partial charge is 0.493 e. The van der Waals surface area contributed by atoms with Crippen LogP contribution in [0.1, 0.15) is 39.2 Å². The molecule has 0 aliphatic heterocycles. The number of aliphatic hydroxyl groups is 1. The normalized spacial score (nSPS) is 13.3. The minimum atomic E-state index is -0.269. The van der Waals surface area contributed by atoms with Crippen molar-refractivity contribution in [3.8, 4) is 11.5 Å². The molecule has 1 aromatic carbocycles. The SMILES string of the molecule is COc1c(OC(C)(C)C)cccc1C(C)CO. The maximum absolute atomic E-state index is 9.24. The van der Waals surface area contributed by atoms with E-state index in [4.69, 9.17) is 9.47 Å². The molecular weight excluding hydrogens is 216 g/mol. The van der Waals surface area contributed by atoms with E-state index in [2.05, 4.69) is 0 Å². The van der Waals surface area contributed by atoms with Crippen LogP contribution in [0.3, 0.4) is 0 Å². The molecule has 96 valence electrons. The summed E-state index contributed by atoms with van der Waals surface area (Å²) in [7, 11) is 1.62. The molecule has 0 bridgehead atoms. The van der Waals surface area contributed by atoms with Crippen molar-refractivity contribution in [2.75, 3.05) is 13.7 Å². The van der Waals surface area contributed by atoms with Crippen LogP contribution in [-0.4, -0.2) is 24.4 Å². The Morgan fingerprint density at radius 2 is 1.94 bits per heavy atom. The lowest BCUT2D eigenvalue weighted by molar-refractivity contribution is 0.125. The Bertz CT molecular complexity index is 366. The van der Waals surface area contributed by atoms with Gasteiger partial charge in [0.05, 0.1) is 7.11 Å². The van der Waals surface area contributed by atoms with E-state index in [1.807, 2.05) is 45.9 Å². The van der Waals surface area contributed by atoms with Gasteiger partial charge in [-0.3, -0.25) is 0 Å². The van der Waals surface area contributed by atoms with E-state index in [0.717, 1.165) is 11.3 Å². The molecule has 0 aliphatic carbocycles. The zero-order valence-electron chi connectivity index (χ0n) is 11.3. The fourth-order valence-electron chi connectivity index (χ4n) is 1.65. The van der Waals surface area contributed by atoms with Crippen molar-refractivity contribution in [2.45, 2.75) is 39.2 Å². The van der Waals surface area contributed by atoms with Gasteiger partial charge in [-0.05, 0) is 26.8 Å². The Labute approximate surface area is 103 Å². The Hall–Kier alpha value is -1.22. The zero-order chi connectivity index (χ0) is 13.1. The number of benzene rings is 1. The highest BCUT2D eigenvalue weighted by molar-refractivity contribution is 5.48. The fourth-order valence-corrected chi connectivity index (χ4v) is 1.65. The van der Waals surface area contributed by atoms with Crippen LogP contribution in [0.5, 0.6) is 11.5 Å². The molecule has 0 heterocycles. The third kappa shape index (κ3) is 3.63. The van der Waals surface area contributed by atoms with E-state index in [0.29, 0.717) is 5.75 Å². The summed E-state index contributed by atoms with van der Waals surface area (Å²) < 4.78 is 11.3. The molecule has 1 N–H and O–H groups in total. The van der Waals surface area contributed by atoms with E-state index < -0.39 is 0 Å². The quantitative estimate of drug-likeness (QED) is 0.876. The maximum atomic E-state index is 9.24. The summed E-state index contributed by atoms with van der Waals surface area (Å²) in [6, 6.07) is 5.76. The molecule has 0 spiro atoms. The van der Waals surface area contributed by atoms with Crippen molar-refractivity contribution in [1.82, 2.24) is 0 Å². The zero-order valence-corrected chi connectivity index (χ0v) is 11.3. The number of aliphatic hydroxyl groups excluding tert-OH is 1. The van der Waals surface area contributed by atoms with Gasteiger partial charge in [0, 0.05) is 18.1 Å². The second-order valence-corrected chi connectivity index (χ2v) is 5.18. The van der Waals surface area contributed by atoms with Crippen LogP contribution in [-0.2, 0) is 0 Å². The van der Waals surface area contributed by atoms with Crippen molar-refractivity contribution in [1.29, 1.82) is 0 Å². The summed E-state index contributed by atoms with van der Waals surface area (Å²) >= 11 is 0. The van der Waals surface area contributed by atoms with E-state index in [9.17, 15) is 5.11 Å². The Kier molecular flexibility index (Phi) is 4.40. The summed E-state index contributed by atoms with van der Waals surface area (Å²) in [6.07, 6.45) is 0. The van der Waals surface area contributed by atoms with Gasteiger partial charge in [0.25, 0.3) is 0 Å². The second kappa shape index (κ2) is 5.41. The average Bonchev–Trinajstić information content (AvgIpc) is 2.25. The molecule has 0 aromatic heterocycles. The molecule has 0 aliphatic rings. The van der Waals surface area contributed by atoms with Crippen molar-refractivity contribution in [2.24, 2.45) is 0 Å².